The Bertz CT molecular complexity index is 267. The van der Waals surface area contributed by atoms with Crippen molar-refractivity contribution in [3.05, 3.63) is 36.1 Å². The average Bonchev–Trinajstić information content (AvgIpc) is 2.58. The molecule has 0 spiro atoms. The average molecular weight is 234 g/mol. The summed E-state index contributed by atoms with van der Waals surface area (Å²) >= 11 is 0. The third kappa shape index (κ3) is 6.35. The predicted molar refractivity (Wildman–Crippen MR) is 74.9 cm³/mol. The smallest absolute Gasteiger partial charge is 0.115 e. The molecule has 17 heavy (non-hydrogen) atoms. The maximum atomic E-state index is 5.82. The molecule has 0 aromatic carbocycles. The molecule has 0 atom stereocenters. The fourth-order valence-corrected chi connectivity index (χ4v) is 2.26. The monoisotopic (exact) mass is 234 g/mol. The van der Waals surface area contributed by atoms with Crippen molar-refractivity contribution in [2.45, 2.75) is 52.4 Å². The minimum atomic E-state index is 0.846. The van der Waals surface area contributed by atoms with Crippen molar-refractivity contribution in [3.8, 4) is 0 Å². The van der Waals surface area contributed by atoms with E-state index in [4.69, 9.17) is 4.74 Å². The molecule has 1 heteroatoms. The van der Waals surface area contributed by atoms with Crippen LogP contribution in [0, 0.1) is 5.92 Å². The molecule has 0 saturated heterocycles. The van der Waals surface area contributed by atoms with Gasteiger partial charge in [0, 0.05) is 0 Å². The maximum Gasteiger partial charge on any atom is 0.115 e. The summed E-state index contributed by atoms with van der Waals surface area (Å²) in [6.45, 7) is 5.40. The molecule has 1 aliphatic carbocycles. The van der Waals surface area contributed by atoms with Crippen molar-refractivity contribution < 1.29 is 4.74 Å². The first-order valence-electron chi connectivity index (χ1n) is 7.03. The molecule has 0 aromatic heterocycles. The second kappa shape index (κ2) is 9.09. The lowest BCUT2D eigenvalue weighted by molar-refractivity contribution is 0.193. The lowest BCUT2D eigenvalue weighted by Crippen LogP contribution is -2.05. The van der Waals surface area contributed by atoms with E-state index >= 15 is 0 Å². The van der Waals surface area contributed by atoms with Gasteiger partial charge in [-0.2, -0.15) is 0 Å². The second-order valence-corrected chi connectivity index (χ2v) is 4.71. The quantitative estimate of drug-likeness (QED) is 0.573. The molecule has 0 radical (unpaired) electrons. The van der Waals surface area contributed by atoms with Crippen molar-refractivity contribution in [1.82, 2.24) is 0 Å². The molecule has 0 heterocycles. The summed E-state index contributed by atoms with van der Waals surface area (Å²) in [5.74, 6) is 1.88. The summed E-state index contributed by atoms with van der Waals surface area (Å²) in [6, 6.07) is 0. The molecule has 0 bridgehead atoms. The van der Waals surface area contributed by atoms with Gasteiger partial charge in [0.25, 0.3) is 0 Å². The van der Waals surface area contributed by atoms with E-state index in [2.05, 4.69) is 44.2 Å². The Balaban J connectivity index is 2.23. The first kappa shape index (κ1) is 14.1. The van der Waals surface area contributed by atoms with Gasteiger partial charge in [0.15, 0.2) is 0 Å². The van der Waals surface area contributed by atoms with Crippen LogP contribution in [0.2, 0.25) is 0 Å². The molecule has 0 fully saturated rings. The van der Waals surface area contributed by atoms with E-state index in [1.807, 2.05) is 0 Å². The molecule has 96 valence electrons. The van der Waals surface area contributed by atoms with Crippen LogP contribution in [-0.2, 0) is 4.74 Å². The highest BCUT2D eigenvalue weighted by Gasteiger charge is 2.07. The molecule has 0 amide bonds. The Morgan fingerprint density at radius 2 is 1.88 bits per heavy atom. The second-order valence-electron chi connectivity index (χ2n) is 4.71. The van der Waals surface area contributed by atoms with Crippen LogP contribution in [0.25, 0.3) is 0 Å². The Morgan fingerprint density at radius 3 is 2.59 bits per heavy atom. The highest BCUT2D eigenvalue weighted by Crippen LogP contribution is 2.18. The first-order valence-corrected chi connectivity index (χ1v) is 7.03. The number of ether oxygens (including phenoxy) is 1. The first-order chi connectivity index (χ1) is 8.36. The fourth-order valence-electron chi connectivity index (χ4n) is 2.26. The SMILES string of the molecule is CCCC(CCC)CCOC1=CCC=CC=C1. The Labute approximate surface area is 106 Å². The molecule has 1 aliphatic rings. The zero-order chi connectivity index (χ0) is 12.3. The van der Waals surface area contributed by atoms with Gasteiger partial charge in [-0.05, 0) is 30.9 Å². The van der Waals surface area contributed by atoms with E-state index in [0.29, 0.717) is 0 Å². The number of allylic oxidation sites excluding steroid dienone is 5. The molecule has 1 nitrogen and oxygen atoms in total. The van der Waals surface area contributed by atoms with E-state index in [1.165, 1.54) is 32.1 Å². The number of hydrogen-bond acceptors (Lipinski definition) is 1. The van der Waals surface area contributed by atoms with E-state index in [1.54, 1.807) is 0 Å². The number of hydrogen-bond donors (Lipinski definition) is 0. The lowest BCUT2D eigenvalue weighted by atomic mass is 9.95. The van der Waals surface area contributed by atoms with Crippen LogP contribution in [0.3, 0.4) is 0 Å². The summed E-state index contributed by atoms with van der Waals surface area (Å²) in [4.78, 5) is 0. The van der Waals surface area contributed by atoms with Crippen molar-refractivity contribution in [3.63, 3.8) is 0 Å². The fraction of sp³-hybridized carbons (Fsp3) is 0.625. The Hall–Kier alpha value is -0.980. The van der Waals surface area contributed by atoms with Gasteiger partial charge in [-0.15, -0.1) is 0 Å². The van der Waals surface area contributed by atoms with E-state index in [0.717, 1.165) is 24.7 Å². The van der Waals surface area contributed by atoms with E-state index in [-0.39, 0.29) is 0 Å². The highest BCUT2D eigenvalue weighted by molar-refractivity contribution is 5.21. The zero-order valence-electron chi connectivity index (χ0n) is 11.3. The zero-order valence-corrected chi connectivity index (χ0v) is 11.3. The van der Waals surface area contributed by atoms with E-state index < -0.39 is 0 Å². The van der Waals surface area contributed by atoms with Gasteiger partial charge in [0.05, 0.1) is 6.61 Å². The van der Waals surface area contributed by atoms with Gasteiger partial charge in [-0.25, -0.2) is 0 Å². The lowest BCUT2D eigenvalue weighted by Gasteiger charge is -2.15. The Morgan fingerprint density at radius 1 is 1.12 bits per heavy atom. The summed E-state index contributed by atoms with van der Waals surface area (Å²) in [6.07, 6.45) is 17.9. The molecule has 0 N–H and O–H groups in total. The predicted octanol–water partition coefficient (Wildman–Crippen LogP) is 5.01. The highest BCUT2D eigenvalue weighted by atomic mass is 16.5. The summed E-state index contributed by atoms with van der Waals surface area (Å²) in [5, 5.41) is 0. The standard InChI is InChI=1S/C16H26O/c1-3-9-15(10-4-2)13-14-17-16-11-7-5-6-8-12-16/h5-7,11-12,15H,3-4,8-10,13-14H2,1-2H3. The molecule has 0 aromatic rings. The maximum absolute atomic E-state index is 5.82. The largest absolute Gasteiger partial charge is 0.494 e. The van der Waals surface area contributed by atoms with Crippen molar-refractivity contribution in [1.29, 1.82) is 0 Å². The van der Waals surface area contributed by atoms with Crippen LogP contribution in [-0.4, -0.2) is 6.61 Å². The summed E-state index contributed by atoms with van der Waals surface area (Å²) in [7, 11) is 0. The topological polar surface area (TPSA) is 9.23 Å². The minimum absolute atomic E-state index is 0.846. The van der Waals surface area contributed by atoms with Crippen LogP contribution in [0.15, 0.2) is 36.1 Å². The third-order valence-corrected chi connectivity index (χ3v) is 3.15. The Kier molecular flexibility index (Phi) is 7.53. The summed E-state index contributed by atoms with van der Waals surface area (Å²) < 4.78 is 5.82. The number of rotatable bonds is 8. The third-order valence-electron chi connectivity index (χ3n) is 3.15. The van der Waals surface area contributed by atoms with Gasteiger partial charge in [-0.1, -0.05) is 57.8 Å². The van der Waals surface area contributed by atoms with Crippen molar-refractivity contribution >= 4 is 0 Å². The van der Waals surface area contributed by atoms with Crippen molar-refractivity contribution in [2.24, 2.45) is 5.92 Å². The van der Waals surface area contributed by atoms with Crippen LogP contribution >= 0.6 is 0 Å². The molecule has 0 saturated carbocycles. The molecule has 0 aliphatic heterocycles. The van der Waals surface area contributed by atoms with Gasteiger partial charge >= 0.3 is 0 Å². The van der Waals surface area contributed by atoms with Gasteiger partial charge in [-0.3, -0.25) is 0 Å². The van der Waals surface area contributed by atoms with Gasteiger partial charge < -0.3 is 4.74 Å². The van der Waals surface area contributed by atoms with Crippen LogP contribution in [0.4, 0.5) is 0 Å². The van der Waals surface area contributed by atoms with Crippen LogP contribution < -0.4 is 0 Å². The minimum Gasteiger partial charge on any atom is -0.494 e. The summed E-state index contributed by atoms with van der Waals surface area (Å²) in [5.41, 5.74) is 0. The van der Waals surface area contributed by atoms with Gasteiger partial charge in [0.1, 0.15) is 5.76 Å². The molecule has 1 rings (SSSR count). The van der Waals surface area contributed by atoms with Crippen LogP contribution in [0.1, 0.15) is 52.4 Å². The van der Waals surface area contributed by atoms with Crippen molar-refractivity contribution in [2.75, 3.05) is 6.61 Å². The molecular weight excluding hydrogens is 208 g/mol. The normalized spacial score (nSPS) is 14.9. The van der Waals surface area contributed by atoms with Crippen LogP contribution in [0.5, 0.6) is 0 Å². The molecular formula is C16H26O. The van der Waals surface area contributed by atoms with Gasteiger partial charge in [0.2, 0.25) is 0 Å². The van der Waals surface area contributed by atoms with E-state index in [9.17, 15) is 0 Å². The molecule has 0 unspecified atom stereocenters.